The van der Waals surface area contributed by atoms with E-state index < -0.39 is 10.0 Å². The number of thiophene rings is 1. The van der Waals surface area contributed by atoms with Crippen molar-refractivity contribution >= 4 is 21.4 Å². The van der Waals surface area contributed by atoms with Crippen molar-refractivity contribution in [2.45, 2.75) is 24.8 Å². The van der Waals surface area contributed by atoms with Crippen LogP contribution in [0.2, 0.25) is 0 Å². The second-order valence-electron chi connectivity index (χ2n) is 4.46. The van der Waals surface area contributed by atoms with Crippen LogP contribution in [-0.2, 0) is 30.1 Å². The second kappa shape index (κ2) is 6.04. The van der Waals surface area contributed by atoms with Gasteiger partial charge in [-0.15, -0.1) is 11.3 Å². The third kappa shape index (κ3) is 3.45. The molecule has 0 aliphatic carbocycles. The predicted octanol–water partition coefficient (Wildman–Crippen LogP) is 0.803. The predicted molar refractivity (Wildman–Crippen MR) is 77.1 cm³/mol. The minimum absolute atomic E-state index is 0.142. The Labute approximate surface area is 122 Å². The van der Waals surface area contributed by atoms with Crippen LogP contribution in [-0.4, -0.2) is 29.8 Å². The van der Waals surface area contributed by atoms with Crippen LogP contribution in [0, 0.1) is 6.92 Å². The highest BCUT2D eigenvalue weighted by Gasteiger charge is 2.19. The van der Waals surface area contributed by atoms with Gasteiger partial charge in [0.15, 0.2) is 0 Å². The van der Waals surface area contributed by atoms with E-state index >= 15 is 0 Å². The largest absolute Gasteiger partial charge is 0.391 e. The summed E-state index contributed by atoms with van der Waals surface area (Å²) in [7, 11) is -1.70. The minimum atomic E-state index is -3.52. The molecule has 0 aliphatic heterocycles. The summed E-state index contributed by atoms with van der Waals surface area (Å²) in [6.07, 6.45) is 4.16. The van der Waals surface area contributed by atoms with Gasteiger partial charge in [-0.25, -0.2) is 13.1 Å². The molecule has 0 saturated carbocycles. The Morgan fingerprint density at radius 2 is 2.25 bits per heavy atom. The van der Waals surface area contributed by atoms with Crippen molar-refractivity contribution in [2.75, 3.05) is 6.54 Å². The number of rotatable bonds is 6. The molecule has 2 N–H and O–H groups in total. The molecule has 110 valence electrons. The number of aliphatic hydroxyl groups excluding tert-OH is 1. The van der Waals surface area contributed by atoms with Gasteiger partial charge in [-0.05, 0) is 25.0 Å². The lowest BCUT2D eigenvalue weighted by Gasteiger charge is -2.05. The first-order valence-electron chi connectivity index (χ1n) is 6.10. The van der Waals surface area contributed by atoms with Gasteiger partial charge in [0.2, 0.25) is 10.0 Å². The van der Waals surface area contributed by atoms with Crippen molar-refractivity contribution < 1.29 is 13.5 Å². The molecule has 0 aromatic carbocycles. The molecule has 0 saturated heterocycles. The lowest BCUT2D eigenvalue weighted by Crippen LogP contribution is -2.26. The Kier molecular flexibility index (Phi) is 4.59. The first-order valence-corrected chi connectivity index (χ1v) is 8.39. The van der Waals surface area contributed by atoms with E-state index in [0.717, 1.165) is 5.56 Å². The Hall–Kier alpha value is -1.22. The van der Waals surface area contributed by atoms with E-state index in [1.165, 1.54) is 17.4 Å². The van der Waals surface area contributed by atoms with Crippen LogP contribution in [0.4, 0.5) is 0 Å². The third-order valence-corrected chi connectivity index (χ3v) is 5.58. The number of sulfonamides is 1. The summed E-state index contributed by atoms with van der Waals surface area (Å²) in [5.41, 5.74) is 0.980. The lowest BCUT2D eigenvalue weighted by molar-refractivity contribution is 0.285. The van der Waals surface area contributed by atoms with E-state index in [4.69, 9.17) is 5.11 Å². The van der Waals surface area contributed by atoms with Crippen LogP contribution >= 0.6 is 11.3 Å². The van der Waals surface area contributed by atoms with Crippen LogP contribution in [0.1, 0.15) is 15.3 Å². The first-order chi connectivity index (χ1) is 9.42. The zero-order valence-electron chi connectivity index (χ0n) is 11.3. The maximum absolute atomic E-state index is 12.2. The van der Waals surface area contributed by atoms with E-state index in [1.54, 1.807) is 17.8 Å². The van der Waals surface area contributed by atoms with Gasteiger partial charge in [0.05, 0.1) is 17.7 Å². The van der Waals surface area contributed by atoms with Crippen molar-refractivity contribution in [2.24, 2.45) is 7.05 Å². The molecule has 2 heterocycles. The summed E-state index contributed by atoms with van der Waals surface area (Å²) in [5.74, 6) is 0. The molecule has 0 unspecified atom stereocenters. The summed E-state index contributed by atoms with van der Waals surface area (Å²) in [6, 6.07) is 1.52. The standard InChI is InChI=1S/C12H17N3O3S2/c1-9-12(5-11(8-16)19-9)20(17,18)14-4-3-10-6-13-15(2)7-10/h5-7,14,16H,3-4,8H2,1-2H3. The van der Waals surface area contributed by atoms with Gasteiger partial charge in [-0.2, -0.15) is 5.10 Å². The highest BCUT2D eigenvalue weighted by Crippen LogP contribution is 2.25. The molecule has 0 amide bonds. The van der Waals surface area contributed by atoms with Gasteiger partial charge in [-0.1, -0.05) is 0 Å². The fraction of sp³-hybridized carbons (Fsp3) is 0.417. The van der Waals surface area contributed by atoms with Crippen molar-refractivity contribution in [3.63, 3.8) is 0 Å². The maximum Gasteiger partial charge on any atom is 0.241 e. The average molecular weight is 315 g/mol. The van der Waals surface area contributed by atoms with Crippen LogP contribution in [0.15, 0.2) is 23.4 Å². The van der Waals surface area contributed by atoms with E-state index in [-0.39, 0.29) is 11.5 Å². The molecule has 6 nitrogen and oxygen atoms in total. The SMILES string of the molecule is Cc1sc(CO)cc1S(=O)(=O)NCCc1cnn(C)c1. The maximum atomic E-state index is 12.2. The highest BCUT2D eigenvalue weighted by molar-refractivity contribution is 7.89. The molecule has 0 spiro atoms. The zero-order chi connectivity index (χ0) is 14.8. The lowest BCUT2D eigenvalue weighted by atomic mass is 10.3. The topological polar surface area (TPSA) is 84.2 Å². The molecule has 0 aliphatic rings. The van der Waals surface area contributed by atoms with Crippen molar-refractivity contribution in [3.05, 3.63) is 33.8 Å². The van der Waals surface area contributed by atoms with E-state index in [2.05, 4.69) is 9.82 Å². The highest BCUT2D eigenvalue weighted by atomic mass is 32.2. The molecule has 0 radical (unpaired) electrons. The number of aromatic nitrogens is 2. The quantitative estimate of drug-likeness (QED) is 0.826. The Balaban J connectivity index is 2.01. The summed E-state index contributed by atoms with van der Waals surface area (Å²) >= 11 is 1.29. The monoisotopic (exact) mass is 315 g/mol. The summed E-state index contributed by atoms with van der Waals surface area (Å²) in [6.45, 7) is 1.91. The number of hydrogen-bond donors (Lipinski definition) is 2. The summed E-state index contributed by atoms with van der Waals surface area (Å²) < 4.78 is 28.6. The van der Waals surface area contributed by atoms with Crippen molar-refractivity contribution in [1.82, 2.24) is 14.5 Å². The number of nitrogens with one attached hydrogen (secondary N) is 1. The minimum Gasteiger partial charge on any atom is -0.391 e. The Morgan fingerprint density at radius 3 is 2.80 bits per heavy atom. The molecule has 2 rings (SSSR count). The molecule has 2 aromatic rings. The van der Waals surface area contributed by atoms with E-state index in [1.807, 2.05) is 13.2 Å². The molecular formula is C12H17N3O3S2. The second-order valence-corrected chi connectivity index (χ2v) is 7.54. The summed E-state index contributed by atoms with van der Waals surface area (Å²) in [5, 5.41) is 13.1. The fourth-order valence-electron chi connectivity index (χ4n) is 1.88. The Morgan fingerprint density at radius 1 is 1.50 bits per heavy atom. The van der Waals surface area contributed by atoms with Gasteiger partial charge in [0, 0.05) is 29.5 Å². The number of aryl methyl sites for hydroxylation is 2. The average Bonchev–Trinajstić information content (AvgIpc) is 2.95. The van der Waals surface area contributed by atoms with Gasteiger partial charge < -0.3 is 5.11 Å². The number of aliphatic hydroxyl groups is 1. The number of nitrogens with zero attached hydrogens (tertiary/aromatic N) is 2. The summed E-state index contributed by atoms with van der Waals surface area (Å²) in [4.78, 5) is 1.58. The van der Waals surface area contributed by atoms with Crippen LogP contribution in [0.3, 0.4) is 0 Å². The van der Waals surface area contributed by atoms with Gasteiger partial charge in [0.25, 0.3) is 0 Å². The zero-order valence-corrected chi connectivity index (χ0v) is 13.0. The normalized spacial score (nSPS) is 11.9. The third-order valence-electron chi connectivity index (χ3n) is 2.83. The smallest absolute Gasteiger partial charge is 0.241 e. The van der Waals surface area contributed by atoms with Crippen LogP contribution in [0.5, 0.6) is 0 Å². The van der Waals surface area contributed by atoms with E-state index in [0.29, 0.717) is 22.7 Å². The fourth-order valence-corrected chi connectivity index (χ4v) is 4.40. The van der Waals surface area contributed by atoms with E-state index in [9.17, 15) is 8.42 Å². The van der Waals surface area contributed by atoms with Gasteiger partial charge >= 0.3 is 0 Å². The molecular weight excluding hydrogens is 298 g/mol. The molecule has 20 heavy (non-hydrogen) atoms. The molecule has 0 bridgehead atoms. The van der Waals surface area contributed by atoms with Crippen LogP contribution in [0.25, 0.3) is 0 Å². The van der Waals surface area contributed by atoms with Crippen molar-refractivity contribution in [3.8, 4) is 0 Å². The molecule has 2 aromatic heterocycles. The van der Waals surface area contributed by atoms with Crippen molar-refractivity contribution in [1.29, 1.82) is 0 Å². The molecule has 8 heteroatoms. The van der Waals surface area contributed by atoms with Crippen LogP contribution < -0.4 is 4.72 Å². The van der Waals surface area contributed by atoms with Gasteiger partial charge in [-0.3, -0.25) is 4.68 Å². The Bertz CT molecular complexity index is 689. The molecule has 0 fully saturated rings. The molecule has 0 atom stereocenters. The number of hydrogen-bond acceptors (Lipinski definition) is 5. The van der Waals surface area contributed by atoms with Gasteiger partial charge in [0.1, 0.15) is 0 Å². The first kappa shape index (κ1) is 15.2.